The zero-order chi connectivity index (χ0) is 22.0. The smallest absolute Gasteiger partial charge is 0.274 e. The lowest BCUT2D eigenvalue weighted by atomic mass is 9.99. The fraction of sp³-hybridized carbons (Fsp3) is 0.542. The van der Waals surface area contributed by atoms with Crippen LogP contribution >= 0.6 is 0 Å². The molecule has 2 aromatic heterocycles. The number of nitrogens with one attached hydrogen (secondary N) is 1. The predicted octanol–water partition coefficient (Wildman–Crippen LogP) is 2.30. The number of carbonyl (C=O) groups is 1. The Morgan fingerprint density at radius 1 is 1.19 bits per heavy atom. The van der Waals surface area contributed by atoms with Gasteiger partial charge < -0.3 is 14.6 Å². The maximum absolute atomic E-state index is 13.5. The minimum absolute atomic E-state index is 0.0730. The molecule has 3 aromatic rings. The molecule has 0 aliphatic carbocycles. The summed E-state index contributed by atoms with van der Waals surface area (Å²) in [5.41, 5.74) is 3.56. The molecule has 2 bridgehead atoms. The van der Waals surface area contributed by atoms with Gasteiger partial charge >= 0.3 is 0 Å². The van der Waals surface area contributed by atoms with Gasteiger partial charge in [0.05, 0.1) is 17.2 Å². The number of carbonyl (C=O) groups excluding carboxylic acids is 1. The van der Waals surface area contributed by atoms with Gasteiger partial charge in [-0.15, -0.1) is 0 Å². The van der Waals surface area contributed by atoms with Gasteiger partial charge in [0.25, 0.3) is 11.5 Å². The summed E-state index contributed by atoms with van der Waals surface area (Å²) in [5, 5.41) is 0. The van der Waals surface area contributed by atoms with Crippen molar-refractivity contribution < 1.29 is 9.53 Å². The molecule has 3 aliphatic heterocycles. The van der Waals surface area contributed by atoms with Gasteiger partial charge in [-0.05, 0) is 50.4 Å². The van der Waals surface area contributed by atoms with Crippen molar-refractivity contribution in [1.29, 1.82) is 0 Å². The average molecular weight is 436 g/mol. The highest BCUT2D eigenvalue weighted by Gasteiger charge is 2.44. The highest BCUT2D eigenvalue weighted by atomic mass is 16.5. The first-order valence-corrected chi connectivity index (χ1v) is 11.7. The SMILES string of the molecule is CCN1C[C@H]2C[C@@H]1CN2C(=O)c1cc2[nH]c(=O)c3cnc(C4CCOCC4)n3c2cc1C. The minimum Gasteiger partial charge on any atom is -0.381 e. The van der Waals surface area contributed by atoms with Crippen LogP contribution in [0.25, 0.3) is 16.6 Å². The van der Waals surface area contributed by atoms with E-state index in [1.165, 1.54) is 0 Å². The van der Waals surface area contributed by atoms with E-state index in [4.69, 9.17) is 4.74 Å². The van der Waals surface area contributed by atoms with Crippen LogP contribution in [0.15, 0.2) is 23.1 Å². The quantitative estimate of drug-likeness (QED) is 0.683. The lowest BCUT2D eigenvalue weighted by Crippen LogP contribution is -2.48. The van der Waals surface area contributed by atoms with Crippen LogP contribution in [-0.4, -0.2) is 75.0 Å². The maximum atomic E-state index is 13.5. The van der Waals surface area contributed by atoms with E-state index in [0.29, 0.717) is 35.9 Å². The summed E-state index contributed by atoms with van der Waals surface area (Å²) in [4.78, 5) is 38.5. The molecule has 6 rings (SSSR count). The second kappa shape index (κ2) is 7.42. The molecule has 3 saturated heterocycles. The number of likely N-dealkylation sites (tertiary alicyclic amines) is 2. The second-order valence-corrected chi connectivity index (χ2v) is 9.45. The number of hydrogen-bond acceptors (Lipinski definition) is 5. The summed E-state index contributed by atoms with van der Waals surface area (Å²) >= 11 is 0. The minimum atomic E-state index is -0.177. The molecule has 2 atom stereocenters. The Bertz CT molecular complexity index is 1270. The highest BCUT2D eigenvalue weighted by molar-refractivity contribution is 5.99. The van der Waals surface area contributed by atoms with Crippen LogP contribution in [0.5, 0.6) is 0 Å². The molecule has 5 heterocycles. The molecule has 3 fully saturated rings. The van der Waals surface area contributed by atoms with Crippen molar-refractivity contribution in [2.75, 3.05) is 32.8 Å². The summed E-state index contributed by atoms with van der Waals surface area (Å²) in [6.45, 7) is 8.39. The van der Waals surface area contributed by atoms with E-state index in [-0.39, 0.29) is 23.4 Å². The Morgan fingerprint density at radius 3 is 2.72 bits per heavy atom. The number of amides is 1. The summed E-state index contributed by atoms with van der Waals surface area (Å²) in [6.07, 6.45) is 4.52. The number of fused-ring (bicyclic) bond motifs is 5. The van der Waals surface area contributed by atoms with Crippen LogP contribution in [0.2, 0.25) is 0 Å². The molecule has 0 saturated carbocycles. The molecule has 3 aliphatic rings. The van der Waals surface area contributed by atoms with Gasteiger partial charge in [-0.1, -0.05) is 6.92 Å². The van der Waals surface area contributed by atoms with Gasteiger partial charge in [0.2, 0.25) is 0 Å². The topological polar surface area (TPSA) is 82.9 Å². The molecule has 168 valence electrons. The van der Waals surface area contributed by atoms with Gasteiger partial charge in [0.1, 0.15) is 11.3 Å². The Balaban J connectivity index is 1.43. The van der Waals surface area contributed by atoms with Crippen LogP contribution in [0.3, 0.4) is 0 Å². The van der Waals surface area contributed by atoms with E-state index >= 15 is 0 Å². The normalized spacial score (nSPS) is 24.2. The maximum Gasteiger partial charge on any atom is 0.274 e. The third kappa shape index (κ3) is 2.93. The largest absolute Gasteiger partial charge is 0.381 e. The number of ether oxygens (including phenoxy) is 1. The van der Waals surface area contributed by atoms with E-state index in [1.54, 1.807) is 6.20 Å². The van der Waals surface area contributed by atoms with Crippen molar-refractivity contribution in [2.45, 2.75) is 51.1 Å². The number of imidazole rings is 1. The third-order valence-electron chi connectivity index (χ3n) is 7.69. The Morgan fingerprint density at radius 2 is 2.00 bits per heavy atom. The molecule has 8 heteroatoms. The predicted molar refractivity (Wildman–Crippen MR) is 121 cm³/mol. The number of benzene rings is 1. The standard InChI is InChI=1S/C24H29N5O3/c1-3-27-12-17-9-16(27)13-28(17)24(31)18-10-19-20(8-14(18)2)29-21(23(30)26-19)11-25-22(29)15-4-6-32-7-5-15/h8,10-11,15-17H,3-7,9,12-13H2,1-2H3,(H,26,30)/t16-,17-/m1/s1. The number of likely N-dealkylation sites (N-methyl/N-ethyl adjacent to an activating group) is 1. The van der Waals surface area contributed by atoms with E-state index < -0.39 is 0 Å². The van der Waals surface area contributed by atoms with Gasteiger partial charge in [-0.25, -0.2) is 4.98 Å². The molecule has 1 amide bonds. The zero-order valence-corrected chi connectivity index (χ0v) is 18.6. The van der Waals surface area contributed by atoms with E-state index in [2.05, 4.69) is 21.8 Å². The molecule has 0 radical (unpaired) electrons. The molecule has 32 heavy (non-hydrogen) atoms. The molecular formula is C24H29N5O3. The molecule has 0 unspecified atom stereocenters. The van der Waals surface area contributed by atoms with E-state index in [1.807, 2.05) is 28.4 Å². The number of aryl methyl sites for hydroxylation is 1. The van der Waals surface area contributed by atoms with Crippen molar-refractivity contribution in [3.05, 3.63) is 45.6 Å². The van der Waals surface area contributed by atoms with Crippen molar-refractivity contribution in [1.82, 2.24) is 24.2 Å². The number of aromatic amines is 1. The van der Waals surface area contributed by atoms with Gasteiger partial charge in [0.15, 0.2) is 0 Å². The van der Waals surface area contributed by atoms with Crippen molar-refractivity contribution >= 4 is 22.5 Å². The van der Waals surface area contributed by atoms with Crippen LogP contribution in [-0.2, 0) is 4.74 Å². The first-order chi connectivity index (χ1) is 15.5. The Hall–Kier alpha value is -2.71. The number of H-pyrrole nitrogens is 1. The molecular weight excluding hydrogens is 406 g/mol. The van der Waals surface area contributed by atoms with Gasteiger partial charge in [-0.2, -0.15) is 0 Å². The lowest BCUT2D eigenvalue weighted by Gasteiger charge is -2.33. The van der Waals surface area contributed by atoms with Gasteiger partial charge in [0, 0.05) is 49.9 Å². The number of aromatic nitrogens is 3. The lowest BCUT2D eigenvalue weighted by molar-refractivity contribution is 0.0630. The molecule has 1 N–H and O–H groups in total. The van der Waals surface area contributed by atoms with Crippen LogP contribution in [0.1, 0.15) is 53.8 Å². The Kier molecular flexibility index (Phi) is 4.62. The summed E-state index contributed by atoms with van der Waals surface area (Å²) in [6, 6.07) is 4.66. The molecule has 0 spiro atoms. The van der Waals surface area contributed by atoms with Gasteiger partial charge in [-0.3, -0.25) is 18.9 Å². The monoisotopic (exact) mass is 435 g/mol. The van der Waals surface area contributed by atoms with E-state index in [0.717, 1.165) is 55.8 Å². The molecule has 1 aromatic carbocycles. The summed E-state index contributed by atoms with van der Waals surface area (Å²) < 4.78 is 7.50. The highest BCUT2D eigenvalue weighted by Crippen LogP contribution is 2.33. The first kappa shape index (κ1) is 19.9. The number of piperazine rings is 1. The number of nitrogens with zero attached hydrogens (tertiary/aromatic N) is 4. The number of hydrogen-bond donors (Lipinski definition) is 1. The Labute approximate surface area is 186 Å². The summed E-state index contributed by atoms with van der Waals surface area (Å²) in [5.74, 6) is 1.25. The van der Waals surface area contributed by atoms with Crippen molar-refractivity contribution in [3.8, 4) is 0 Å². The first-order valence-electron chi connectivity index (χ1n) is 11.7. The molecule has 8 nitrogen and oxygen atoms in total. The fourth-order valence-corrected chi connectivity index (χ4v) is 5.96. The van der Waals surface area contributed by atoms with Crippen LogP contribution in [0.4, 0.5) is 0 Å². The van der Waals surface area contributed by atoms with Crippen molar-refractivity contribution in [3.63, 3.8) is 0 Å². The van der Waals surface area contributed by atoms with E-state index in [9.17, 15) is 9.59 Å². The third-order valence-corrected chi connectivity index (χ3v) is 7.69. The average Bonchev–Trinajstić information content (AvgIpc) is 3.53. The van der Waals surface area contributed by atoms with Crippen LogP contribution in [0, 0.1) is 6.92 Å². The zero-order valence-electron chi connectivity index (χ0n) is 18.6. The summed E-state index contributed by atoms with van der Waals surface area (Å²) in [7, 11) is 0. The number of rotatable bonds is 3. The second-order valence-electron chi connectivity index (χ2n) is 9.45. The van der Waals surface area contributed by atoms with Crippen molar-refractivity contribution in [2.24, 2.45) is 0 Å². The van der Waals surface area contributed by atoms with Crippen LogP contribution < -0.4 is 5.56 Å². The fourth-order valence-electron chi connectivity index (χ4n) is 5.96.